The fourth-order valence-corrected chi connectivity index (χ4v) is 4.18. The Morgan fingerprint density at radius 1 is 1.28 bits per heavy atom. The summed E-state index contributed by atoms with van der Waals surface area (Å²) in [6.45, 7) is 2.43. The van der Waals surface area contributed by atoms with E-state index in [1.54, 1.807) is 17.0 Å². The molecule has 0 radical (unpaired) electrons. The molecule has 128 valence electrons. The summed E-state index contributed by atoms with van der Waals surface area (Å²) in [6, 6.07) is 13.0. The monoisotopic (exact) mass is 389 g/mol. The highest BCUT2D eigenvalue weighted by atomic mass is 35.5. The molecule has 0 unspecified atom stereocenters. The lowest BCUT2D eigenvalue weighted by Crippen LogP contribution is -2.27. The highest BCUT2D eigenvalue weighted by Crippen LogP contribution is 2.34. The number of halogens is 1. The molecule has 1 N–H and O–H groups in total. The number of phenols is 1. The maximum absolute atomic E-state index is 12.3. The maximum Gasteiger partial charge on any atom is 0.266 e. The van der Waals surface area contributed by atoms with Crippen molar-refractivity contribution in [2.75, 3.05) is 6.54 Å². The largest absolute Gasteiger partial charge is 0.507 e. The molecule has 0 atom stereocenters. The quantitative estimate of drug-likeness (QED) is 0.599. The van der Waals surface area contributed by atoms with Crippen molar-refractivity contribution < 1.29 is 9.90 Å². The van der Waals surface area contributed by atoms with Gasteiger partial charge in [0.05, 0.1) is 4.91 Å². The summed E-state index contributed by atoms with van der Waals surface area (Å²) in [5, 5.41) is 10.9. The Labute approximate surface area is 161 Å². The Hall–Kier alpha value is -1.82. The molecule has 1 fully saturated rings. The average Bonchev–Trinajstić information content (AvgIpc) is 2.86. The van der Waals surface area contributed by atoms with Gasteiger partial charge in [-0.1, -0.05) is 59.8 Å². The standard InChI is InChI=1S/C19H16ClNO2S2/c1-2-21-18(23)17(25-19(21)24)11-14-10-12(7-8-16(14)22)9-13-5-3-4-6-15(13)20/h3-8,10-11,22H,2,9H2,1H3/b17-11+. The number of hydrogen-bond donors (Lipinski definition) is 1. The van der Waals surface area contributed by atoms with Crippen LogP contribution < -0.4 is 0 Å². The molecule has 0 bridgehead atoms. The van der Waals surface area contributed by atoms with Gasteiger partial charge in [-0.25, -0.2) is 0 Å². The van der Waals surface area contributed by atoms with Crippen LogP contribution in [0.4, 0.5) is 0 Å². The number of thioether (sulfide) groups is 1. The Morgan fingerprint density at radius 3 is 2.72 bits per heavy atom. The van der Waals surface area contributed by atoms with Crippen LogP contribution in [0.25, 0.3) is 6.08 Å². The van der Waals surface area contributed by atoms with Gasteiger partial charge in [-0.15, -0.1) is 0 Å². The van der Waals surface area contributed by atoms with Crippen LogP contribution >= 0.6 is 35.6 Å². The summed E-state index contributed by atoms with van der Waals surface area (Å²) in [6.07, 6.45) is 2.34. The zero-order valence-electron chi connectivity index (χ0n) is 13.5. The number of carbonyl (C=O) groups excluding carboxylic acids is 1. The van der Waals surface area contributed by atoms with Crippen molar-refractivity contribution in [1.29, 1.82) is 0 Å². The first kappa shape index (κ1) is 18.0. The number of hydrogen-bond acceptors (Lipinski definition) is 4. The minimum atomic E-state index is -0.117. The van der Waals surface area contributed by atoms with Gasteiger partial charge < -0.3 is 5.11 Å². The molecule has 6 heteroatoms. The lowest BCUT2D eigenvalue weighted by molar-refractivity contribution is -0.121. The Kier molecular flexibility index (Phi) is 5.47. The van der Waals surface area contributed by atoms with E-state index in [2.05, 4.69) is 0 Å². The maximum atomic E-state index is 12.3. The van der Waals surface area contributed by atoms with Gasteiger partial charge in [0.2, 0.25) is 0 Å². The molecule has 2 aromatic carbocycles. The number of aromatic hydroxyl groups is 1. The minimum absolute atomic E-state index is 0.117. The predicted molar refractivity (Wildman–Crippen MR) is 108 cm³/mol. The van der Waals surface area contributed by atoms with Crippen LogP contribution in [0.2, 0.25) is 5.02 Å². The van der Waals surface area contributed by atoms with Gasteiger partial charge in [0.25, 0.3) is 5.91 Å². The summed E-state index contributed by atoms with van der Waals surface area (Å²) in [4.78, 5) is 14.4. The third-order valence-corrected chi connectivity index (χ3v) is 5.67. The Morgan fingerprint density at radius 2 is 2.04 bits per heavy atom. The molecule has 0 spiro atoms. The summed E-state index contributed by atoms with van der Waals surface area (Å²) in [5.41, 5.74) is 2.61. The highest BCUT2D eigenvalue weighted by Gasteiger charge is 2.30. The number of phenolic OH excluding ortho intramolecular Hbond substituents is 1. The van der Waals surface area contributed by atoms with Crippen molar-refractivity contribution in [3.63, 3.8) is 0 Å². The molecule has 1 aliphatic rings. The van der Waals surface area contributed by atoms with Gasteiger partial charge in [-0.3, -0.25) is 9.69 Å². The molecule has 1 heterocycles. The first-order valence-electron chi connectivity index (χ1n) is 7.80. The molecule has 3 rings (SSSR count). The van der Waals surface area contributed by atoms with Gasteiger partial charge in [0.15, 0.2) is 0 Å². The van der Waals surface area contributed by atoms with Crippen LogP contribution in [-0.2, 0) is 11.2 Å². The van der Waals surface area contributed by atoms with Crippen LogP contribution in [0, 0.1) is 0 Å². The van der Waals surface area contributed by atoms with Crippen molar-refractivity contribution in [3.8, 4) is 5.75 Å². The fourth-order valence-electron chi connectivity index (χ4n) is 2.61. The van der Waals surface area contributed by atoms with E-state index in [9.17, 15) is 9.90 Å². The third-order valence-electron chi connectivity index (χ3n) is 3.92. The fraction of sp³-hybridized carbons (Fsp3) is 0.158. The second-order valence-electron chi connectivity index (χ2n) is 5.59. The van der Waals surface area contributed by atoms with Gasteiger partial charge in [0.1, 0.15) is 10.1 Å². The number of carbonyl (C=O) groups is 1. The van der Waals surface area contributed by atoms with Crippen molar-refractivity contribution in [2.45, 2.75) is 13.3 Å². The van der Waals surface area contributed by atoms with E-state index in [4.69, 9.17) is 23.8 Å². The summed E-state index contributed by atoms with van der Waals surface area (Å²) < 4.78 is 0.547. The molecule has 0 aliphatic carbocycles. The van der Waals surface area contributed by atoms with E-state index < -0.39 is 0 Å². The SMILES string of the molecule is CCN1C(=O)/C(=C\c2cc(Cc3ccccc3Cl)ccc2O)SC1=S. The number of nitrogens with zero attached hydrogens (tertiary/aromatic N) is 1. The number of likely N-dealkylation sites (N-methyl/N-ethyl adjacent to an activating group) is 1. The zero-order valence-corrected chi connectivity index (χ0v) is 15.9. The molecule has 0 aromatic heterocycles. The number of benzene rings is 2. The van der Waals surface area contributed by atoms with Gasteiger partial charge in [0, 0.05) is 17.1 Å². The van der Waals surface area contributed by atoms with E-state index in [-0.39, 0.29) is 11.7 Å². The van der Waals surface area contributed by atoms with E-state index in [1.807, 2.05) is 43.3 Å². The van der Waals surface area contributed by atoms with E-state index in [0.717, 1.165) is 11.1 Å². The van der Waals surface area contributed by atoms with Crippen molar-refractivity contribution >= 4 is 51.9 Å². The molecule has 2 aromatic rings. The van der Waals surface area contributed by atoms with E-state index in [1.165, 1.54) is 11.8 Å². The van der Waals surface area contributed by atoms with Crippen molar-refractivity contribution in [2.24, 2.45) is 0 Å². The first-order valence-corrected chi connectivity index (χ1v) is 9.40. The number of amides is 1. The first-order chi connectivity index (χ1) is 12.0. The molecule has 1 aliphatic heterocycles. The average molecular weight is 390 g/mol. The molecule has 0 saturated carbocycles. The molecule has 1 saturated heterocycles. The van der Waals surface area contributed by atoms with Gasteiger partial charge >= 0.3 is 0 Å². The van der Waals surface area contributed by atoms with Gasteiger partial charge in [-0.2, -0.15) is 0 Å². The van der Waals surface area contributed by atoms with E-state index in [0.29, 0.717) is 32.8 Å². The van der Waals surface area contributed by atoms with Crippen LogP contribution in [0.15, 0.2) is 47.4 Å². The van der Waals surface area contributed by atoms with Crippen molar-refractivity contribution in [3.05, 3.63) is 69.1 Å². The summed E-state index contributed by atoms with van der Waals surface area (Å²) >= 11 is 12.7. The highest BCUT2D eigenvalue weighted by molar-refractivity contribution is 8.26. The molecule has 25 heavy (non-hydrogen) atoms. The third kappa shape index (κ3) is 3.89. The van der Waals surface area contributed by atoms with Crippen LogP contribution in [0.1, 0.15) is 23.6 Å². The smallest absolute Gasteiger partial charge is 0.266 e. The minimum Gasteiger partial charge on any atom is -0.507 e. The van der Waals surface area contributed by atoms with E-state index >= 15 is 0 Å². The second-order valence-corrected chi connectivity index (χ2v) is 7.67. The molecular formula is C19H16ClNO2S2. The normalized spacial score (nSPS) is 16.1. The van der Waals surface area contributed by atoms with Crippen molar-refractivity contribution in [1.82, 2.24) is 4.90 Å². The van der Waals surface area contributed by atoms with Gasteiger partial charge in [-0.05, 0) is 48.7 Å². The Balaban J connectivity index is 1.90. The summed E-state index contributed by atoms with van der Waals surface area (Å²) in [7, 11) is 0. The predicted octanol–water partition coefficient (Wildman–Crippen LogP) is 4.86. The van der Waals surface area contributed by atoms with Crippen LogP contribution in [0.5, 0.6) is 5.75 Å². The number of thiocarbonyl (C=S) groups is 1. The molecule has 1 amide bonds. The van der Waals surface area contributed by atoms with Crippen LogP contribution in [0.3, 0.4) is 0 Å². The summed E-state index contributed by atoms with van der Waals surface area (Å²) in [5.74, 6) is 0.0121. The molecule has 3 nitrogen and oxygen atoms in total. The molecular weight excluding hydrogens is 374 g/mol. The lowest BCUT2D eigenvalue weighted by atomic mass is 10.0. The second kappa shape index (κ2) is 7.60. The number of rotatable bonds is 4. The Bertz CT molecular complexity index is 879. The zero-order chi connectivity index (χ0) is 18.0. The van der Waals surface area contributed by atoms with Crippen LogP contribution in [-0.4, -0.2) is 26.8 Å². The lowest BCUT2D eigenvalue weighted by Gasteiger charge is -2.10. The topological polar surface area (TPSA) is 40.5 Å².